The first-order valence-corrected chi connectivity index (χ1v) is 7.75. The molecule has 0 fully saturated rings. The Balaban J connectivity index is 2.95. The number of hydrogen-bond donors (Lipinski definition) is 0. The lowest BCUT2D eigenvalue weighted by molar-refractivity contribution is 0.100. The van der Waals surface area contributed by atoms with Gasteiger partial charge in [-0.25, -0.2) is 0 Å². The van der Waals surface area contributed by atoms with E-state index in [2.05, 4.69) is 4.74 Å². The molecule has 0 heterocycles. The predicted octanol–water partition coefficient (Wildman–Crippen LogP) is 4.49. The number of carbonyl (C=O) groups is 1. The molecule has 0 spiro atoms. The van der Waals surface area contributed by atoms with E-state index in [0.29, 0.717) is 5.56 Å². The molecule has 0 N–H and O–H groups in total. The molecule has 0 atom stereocenters. The van der Waals surface area contributed by atoms with Gasteiger partial charge in [-0.1, -0.05) is 18.2 Å². The molecule has 13 heavy (non-hydrogen) atoms. The Morgan fingerprint density at radius 3 is 2.15 bits per heavy atom. The van der Waals surface area contributed by atoms with Gasteiger partial charge in [-0.3, -0.25) is 4.79 Å². The first kappa shape index (κ1) is 11.1. The summed E-state index contributed by atoms with van der Waals surface area (Å²) in [5.74, 6) is -0.492. The highest BCUT2D eigenvalue weighted by molar-refractivity contribution is 8.26. The maximum atomic E-state index is 11.3. The van der Waals surface area contributed by atoms with Crippen LogP contribution in [0.1, 0.15) is 10.4 Å². The van der Waals surface area contributed by atoms with Gasteiger partial charge in [0.05, 0.1) is 0 Å². The molecule has 2 nitrogen and oxygen atoms in total. The van der Waals surface area contributed by atoms with Gasteiger partial charge in [-0.15, -0.1) is 0 Å². The molecule has 1 aromatic carbocycles. The smallest absolute Gasteiger partial charge is 0.267 e. The van der Waals surface area contributed by atoms with E-state index in [-0.39, 0.29) is 0 Å². The van der Waals surface area contributed by atoms with Crippen LogP contribution in [0.5, 0.6) is 0 Å². The minimum atomic E-state index is -2.95. The van der Waals surface area contributed by atoms with Gasteiger partial charge in [0, 0.05) is 5.56 Å². The Bertz CT molecular complexity index is 351. The highest BCUT2D eigenvalue weighted by atomic mass is 36.0. The largest absolute Gasteiger partial charge is 0.278 e. The lowest BCUT2D eigenvalue weighted by Crippen LogP contribution is -1.91. The second-order valence-corrected chi connectivity index (χ2v) is 9.19. The molecule has 0 bridgehead atoms. The molecule has 1 aromatic rings. The fraction of sp³-hybridized carbons (Fsp3) is 0. The summed E-state index contributed by atoms with van der Waals surface area (Å²) in [4.78, 5) is 11.3. The highest BCUT2D eigenvalue weighted by Gasteiger charge is 2.10. The quantitative estimate of drug-likeness (QED) is 0.681. The van der Waals surface area contributed by atoms with Gasteiger partial charge in [0.2, 0.25) is 5.11 Å². The van der Waals surface area contributed by atoms with Gasteiger partial charge in [0.1, 0.15) is 0 Å². The number of rotatable bonds is 1. The zero-order valence-electron chi connectivity index (χ0n) is 6.32. The Morgan fingerprint density at radius 2 is 1.69 bits per heavy atom. The van der Waals surface area contributed by atoms with E-state index in [4.69, 9.17) is 33.7 Å². The van der Waals surface area contributed by atoms with E-state index >= 15 is 0 Å². The van der Waals surface area contributed by atoms with Gasteiger partial charge in [0.25, 0.3) is 5.91 Å². The first-order valence-electron chi connectivity index (χ1n) is 3.30. The topological polar surface area (TPSA) is 29.4 Å². The van der Waals surface area contributed by atoms with Crippen LogP contribution in [0.15, 0.2) is 35.1 Å². The van der Waals surface area contributed by atoms with Gasteiger partial charge >= 0.3 is 0 Å². The average molecular weight is 256 g/mol. The summed E-state index contributed by atoms with van der Waals surface area (Å²) in [5, 5.41) is -2.95. The lowest BCUT2D eigenvalue weighted by Gasteiger charge is -1.97. The molecule has 6 heteroatoms. The van der Waals surface area contributed by atoms with E-state index in [1.807, 2.05) is 0 Å². The molecule has 1 rings (SSSR count). The van der Waals surface area contributed by atoms with Crippen LogP contribution >= 0.6 is 38.8 Å². The molecular formula is C7H5Cl3NOP. The average Bonchev–Trinajstić information content (AvgIpc) is 2.03. The van der Waals surface area contributed by atoms with Gasteiger partial charge in [0.15, 0.2) is 0 Å². The number of nitrogens with zero attached hydrogens (tertiary/aromatic N) is 1. The second-order valence-electron chi connectivity index (χ2n) is 2.19. The number of amides is 1. The summed E-state index contributed by atoms with van der Waals surface area (Å²) in [6.07, 6.45) is 0. The first-order chi connectivity index (χ1) is 5.99. The number of hydrogen-bond acceptors (Lipinski definition) is 1. The summed E-state index contributed by atoms with van der Waals surface area (Å²) < 4.78 is 3.45. The molecule has 0 saturated carbocycles. The van der Waals surface area contributed by atoms with Crippen LogP contribution in [0, 0.1) is 0 Å². The van der Waals surface area contributed by atoms with Gasteiger partial charge in [-0.05, 0) is 45.9 Å². The maximum Gasteiger partial charge on any atom is 0.278 e. The van der Waals surface area contributed by atoms with Crippen molar-refractivity contribution >= 4 is 44.7 Å². The summed E-state index contributed by atoms with van der Waals surface area (Å²) in [7, 11) is 0. The summed E-state index contributed by atoms with van der Waals surface area (Å²) in [6.45, 7) is 0. The molecular weight excluding hydrogens is 251 g/mol. The molecule has 0 aliphatic carbocycles. The van der Waals surface area contributed by atoms with Crippen molar-refractivity contribution in [3.8, 4) is 0 Å². The Labute approximate surface area is 90.2 Å². The lowest BCUT2D eigenvalue weighted by atomic mass is 10.2. The fourth-order valence-electron chi connectivity index (χ4n) is 0.741. The second kappa shape index (κ2) is 4.47. The normalized spacial score (nSPS) is 11.0. The van der Waals surface area contributed by atoms with Gasteiger partial charge in [-0.2, -0.15) is 4.74 Å². The van der Waals surface area contributed by atoms with Crippen LogP contribution in [0.4, 0.5) is 0 Å². The number of halogens is 3. The third-order valence-corrected chi connectivity index (χ3v) is 2.31. The van der Waals surface area contributed by atoms with Crippen molar-refractivity contribution in [1.82, 2.24) is 0 Å². The molecule has 0 aromatic heterocycles. The van der Waals surface area contributed by atoms with E-state index in [0.717, 1.165) is 0 Å². The Morgan fingerprint density at radius 1 is 1.15 bits per heavy atom. The summed E-state index contributed by atoms with van der Waals surface area (Å²) in [5.41, 5.74) is 0.425. The van der Waals surface area contributed by atoms with Crippen LogP contribution in [0.2, 0.25) is 0 Å². The minimum absolute atomic E-state index is 0.425. The SMILES string of the molecule is O=C(N=P(Cl)(Cl)Cl)c1ccccc1. The minimum Gasteiger partial charge on any atom is -0.267 e. The Kier molecular flexibility index (Phi) is 3.81. The molecule has 0 saturated heterocycles. The number of carbonyl (C=O) groups excluding carboxylic acids is 1. The summed E-state index contributed by atoms with van der Waals surface area (Å²) in [6, 6.07) is 8.47. The highest BCUT2D eigenvalue weighted by Crippen LogP contribution is 2.65. The molecule has 0 radical (unpaired) electrons. The predicted molar refractivity (Wildman–Crippen MR) is 57.7 cm³/mol. The van der Waals surface area contributed by atoms with Crippen LogP contribution in [0.3, 0.4) is 0 Å². The zero-order chi connectivity index (χ0) is 9.90. The van der Waals surface area contributed by atoms with Crippen molar-refractivity contribution < 1.29 is 4.79 Å². The van der Waals surface area contributed by atoms with E-state index < -0.39 is 11.0 Å². The summed E-state index contributed by atoms with van der Waals surface area (Å²) >= 11 is 16.3. The molecule has 0 aliphatic heterocycles. The van der Waals surface area contributed by atoms with Crippen LogP contribution in [0.25, 0.3) is 0 Å². The third kappa shape index (κ3) is 4.15. The van der Waals surface area contributed by atoms with Crippen LogP contribution < -0.4 is 0 Å². The molecule has 0 aliphatic rings. The van der Waals surface area contributed by atoms with Crippen LogP contribution in [-0.2, 0) is 0 Å². The Hall–Kier alpha value is -0.0100. The van der Waals surface area contributed by atoms with Crippen molar-refractivity contribution in [2.24, 2.45) is 4.74 Å². The van der Waals surface area contributed by atoms with Crippen LogP contribution in [-0.4, -0.2) is 5.91 Å². The number of benzene rings is 1. The monoisotopic (exact) mass is 255 g/mol. The van der Waals surface area contributed by atoms with E-state index in [1.54, 1.807) is 30.3 Å². The van der Waals surface area contributed by atoms with Crippen molar-refractivity contribution in [2.75, 3.05) is 0 Å². The van der Waals surface area contributed by atoms with Crippen molar-refractivity contribution in [1.29, 1.82) is 0 Å². The van der Waals surface area contributed by atoms with Gasteiger partial charge < -0.3 is 0 Å². The molecule has 1 amide bonds. The third-order valence-electron chi connectivity index (χ3n) is 1.22. The molecule has 0 unspecified atom stereocenters. The van der Waals surface area contributed by atoms with E-state index in [9.17, 15) is 4.79 Å². The molecule has 70 valence electrons. The van der Waals surface area contributed by atoms with Crippen molar-refractivity contribution in [3.05, 3.63) is 35.9 Å². The van der Waals surface area contributed by atoms with Crippen molar-refractivity contribution in [3.63, 3.8) is 0 Å². The maximum absolute atomic E-state index is 11.3. The standard InChI is InChI=1S/C7H5Cl3NOP/c8-13(9,10)11-7(12)6-4-2-1-3-5-6/h1-5H. The van der Waals surface area contributed by atoms with E-state index in [1.165, 1.54) is 0 Å². The zero-order valence-corrected chi connectivity index (χ0v) is 9.49. The van der Waals surface area contributed by atoms with Crippen molar-refractivity contribution in [2.45, 2.75) is 0 Å². The fourth-order valence-corrected chi connectivity index (χ4v) is 1.68.